The fourth-order valence-corrected chi connectivity index (χ4v) is 4.10. The summed E-state index contributed by atoms with van der Waals surface area (Å²) in [7, 11) is 0. The molecule has 0 heterocycles. The van der Waals surface area contributed by atoms with Gasteiger partial charge >= 0.3 is 17.1 Å². The summed E-state index contributed by atoms with van der Waals surface area (Å²) in [5.41, 5.74) is 4.89. The van der Waals surface area contributed by atoms with Gasteiger partial charge in [-0.05, 0) is 22.3 Å². The maximum Gasteiger partial charge on any atom is 2.00 e. The van der Waals surface area contributed by atoms with E-state index in [9.17, 15) is 0 Å². The molecule has 4 rings (SSSR count). The Balaban J connectivity index is 0.000000253. The number of nitrogens with zero attached hydrogens (tertiary/aromatic N) is 2. The summed E-state index contributed by atoms with van der Waals surface area (Å²) in [6, 6.07) is 41.0. The quantitative estimate of drug-likeness (QED) is 0.120. The molecule has 4 aromatic rings. The number of rotatable bonds is 8. The number of thiocarbonyl (C=S) groups is 2. The Bertz CT molecular complexity index is 1010. The summed E-state index contributed by atoms with van der Waals surface area (Å²) in [4.78, 5) is 4.07. The molecule has 0 spiro atoms. The van der Waals surface area contributed by atoms with Crippen molar-refractivity contribution in [2.45, 2.75) is 26.2 Å². The van der Waals surface area contributed by atoms with Crippen molar-refractivity contribution in [1.29, 1.82) is 0 Å². The first-order valence-corrected chi connectivity index (χ1v) is 13.2. The van der Waals surface area contributed by atoms with Gasteiger partial charge in [-0.3, -0.25) is 0 Å². The fourth-order valence-electron chi connectivity index (χ4n) is 3.59. The third kappa shape index (κ3) is 11.7. The second-order valence-electron chi connectivity index (χ2n) is 8.19. The van der Waals surface area contributed by atoms with Crippen molar-refractivity contribution in [1.82, 2.24) is 9.80 Å². The Hall–Kier alpha value is -2.38. The van der Waals surface area contributed by atoms with Gasteiger partial charge < -0.3 is 59.5 Å². The molecule has 0 saturated carbocycles. The van der Waals surface area contributed by atoms with E-state index < -0.39 is 0 Å². The molecule has 0 bridgehead atoms. The van der Waals surface area contributed by atoms with Gasteiger partial charge in [0.1, 0.15) is 0 Å². The van der Waals surface area contributed by atoms with E-state index >= 15 is 0 Å². The number of hydrogen-bond acceptors (Lipinski definition) is 4. The molecule has 0 fully saturated rings. The average molecular weight is 608 g/mol. The first-order chi connectivity index (χ1) is 17.5. The minimum atomic E-state index is 0. The van der Waals surface area contributed by atoms with Crippen molar-refractivity contribution >= 4 is 58.3 Å². The number of hydrogen-bond donors (Lipinski definition) is 0. The molecule has 1 radical (unpaired) electrons. The normalized spacial score (nSPS) is 9.73. The van der Waals surface area contributed by atoms with E-state index in [1.165, 1.54) is 22.3 Å². The van der Waals surface area contributed by atoms with Gasteiger partial charge in [0.05, 0.1) is 0 Å². The third-order valence-electron chi connectivity index (χ3n) is 5.38. The van der Waals surface area contributed by atoms with Crippen LogP contribution in [-0.2, 0) is 68.5 Å². The van der Waals surface area contributed by atoms with E-state index in [1.807, 2.05) is 82.6 Å². The summed E-state index contributed by atoms with van der Waals surface area (Å²) in [5, 5.41) is 0. The monoisotopic (exact) mass is 607 g/mol. The zero-order valence-electron chi connectivity index (χ0n) is 20.2. The van der Waals surface area contributed by atoms with Crippen LogP contribution in [-0.4, -0.2) is 18.4 Å². The van der Waals surface area contributed by atoms with Gasteiger partial charge in [-0.25, -0.2) is 0 Å². The third-order valence-corrected chi connectivity index (χ3v) is 6.41. The molecule has 7 heteroatoms. The standard InChI is InChI=1S/2C15H15NS2.Cu/c2*17-15(18)16(11-13-7-3-1-4-8-13)12-14-9-5-2-6-10-14;/h2*1-10H,11-12H2,(H,17,18);/q;;+2/p-2. The van der Waals surface area contributed by atoms with E-state index in [0.29, 0.717) is 8.64 Å². The minimum Gasteiger partial charge on any atom is -0.411 e. The van der Waals surface area contributed by atoms with Crippen LogP contribution in [0.4, 0.5) is 0 Å². The van der Waals surface area contributed by atoms with Crippen LogP contribution in [0.25, 0.3) is 0 Å². The van der Waals surface area contributed by atoms with Crippen LogP contribution < -0.4 is 0 Å². The molecule has 0 aliphatic heterocycles. The second-order valence-corrected chi connectivity index (χ2v) is 10.2. The van der Waals surface area contributed by atoms with Crippen LogP contribution in [0.5, 0.6) is 0 Å². The Morgan fingerprint density at radius 2 is 0.622 bits per heavy atom. The van der Waals surface area contributed by atoms with Crippen LogP contribution in [0.1, 0.15) is 22.3 Å². The van der Waals surface area contributed by atoms with E-state index in [-0.39, 0.29) is 17.1 Å². The van der Waals surface area contributed by atoms with Crippen LogP contribution >= 0.6 is 24.4 Å². The first kappa shape index (κ1) is 30.8. The second kappa shape index (κ2) is 17.2. The van der Waals surface area contributed by atoms with Gasteiger partial charge in [0.25, 0.3) is 0 Å². The average Bonchev–Trinajstić information content (AvgIpc) is 2.91. The molecule has 0 aliphatic carbocycles. The Morgan fingerprint density at radius 1 is 0.432 bits per heavy atom. The molecule has 37 heavy (non-hydrogen) atoms. The van der Waals surface area contributed by atoms with Crippen LogP contribution in [0.3, 0.4) is 0 Å². The summed E-state index contributed by atoms with van der Waals surface area (Å²) >= 11 is 20.6. The molecule has 0 aromatic heterocycles. The maximum atomic E-state index is 5.16. The molecule has 193 valence electrons. The SMILES string of the molecule is S=C([S-])N(Cc1ccccc1)Cc1ccccc1.S=C([S-])N(Cc1ccccc1)Cc1ccccc1.[Cu+2]. The molecule has 2 nitrogen and oxygen atoms in total. The predicted octanol–water partition coefficient (Wildman–Crippen LogP) is 7.04. The van der Waals surface area contributed by atoms with E-state index in [1.54, 1.807) is 0 Å². The van der Waals surface area contributed by atoms with Crippen molar-refractivity contribution in [2.24, 2.45) is 0 Å². The van der Waals surface area contributed by atoms with Crippen molar-refractivity contribution < 1.29 is 17.1 Å². The number of benzene rings is 4. The van der Waals surface area contributed by atoms with Gasteiger partial charge in [-0.15, -0.1) is 0 Å². The van der Waals surface area contributed by atoms with Gasteiger partial charge in [0.15, 0.2) is 0 Å². The Morgan fingerprint density at radius 3 is 0.784 bits per heavy atom. The summed E-state index contributed by atoms with van der Waals surface area (Å²) in [5.74, 6) is 0. The van der Waals surface area contributed by atoms with Crippen molar-refractivity contribution in [3.63, 3.8) is 0 Å². The topological polar surface area (TPSA) is 6.48 Å². The summed E-state index contributed by atoms with van der Waals surface area (Å²) < 4.78 is 1.03. The summed E-state index contributed by atoms with van der Waals surface area (Å²) in [6.45, 7) is 3.05. The smallest absolute Gasteiger partial charge is 0.411 e. The molecule has 0 amide bonds. The van der Waals surface area contributed by atoms with Crippen molar-refractivity contribution in [3.8, 4) is 0 Å². The predicted molar refractivity (Wildman–Crippen MR) is 164 cm³/mol. The summed E-state index contributed by atoms with van der Waals surface area (Å²) in [6.07, 6.45) is 0. The largest absolute Gasteiger partial charge is 2.00 e. The molecular formula is C30H28CuN2S4. The molecule has 0 N–H and O–H groups in total. The van der Waals surface area contributed by atoms with E-state index in [0.717, 1.165) is 26.2 Å². The maximum absolute atomic E-state index is 5.16. The molecule has 0 unspecified atom stereocenters. The zero-order chi connectivity index (χ0) is 25.6. The van der Waals surface area contributed by atoms with Gasteiger partial charge in [0.2, 0.25) is 0 Å². The van der Waals surface area contributed by atoms with Crippen LogP contribution in [0.2, 0.25) is 0 Å². The Labute approximate surface area is 253 Å². The first-order valence-electron chi connectivity index (χ1n) is 11.6. The van der Waals surface area contributed by atoms with Crippen molar-refractivity contribution in [2.75, 3.05) is 0 Å². The minimum absolute atomic E-state index is 0. The van der Waals surface area contributed by atoms with Crippen LogP contribution in [0, 0.1) is 0 Å². The van der Waals surface area contributed by atoms with Crippen LogP contribution in [0.15, 0.2) is 121 Å². The van der Waals surface area contributed by atoms with Gasteiger partial charge in [-0.2, -0.15) is 0 Å². The zero-order valence-corrected chi connectivity index (χ0v) is 24.4. The molecule has 0 aliphatic rings. The fraction of sp³-hybridized carbons (Fsp3) is 0.133. The molecule has 0 saturated heterocycles. The van der Waals surface area contributed by atoms with Gasteiger partial charge in [-0.1, -0.05) is 130 Å². The molecule has 0 atom stereocenters. The van der Waals surface area contributed by atoms with Crippen molar-refractivity contribution in [3.05, 3.63) is 144 Å². The molecule has 4 aromatic carbocycles. The Kier molecular flexibility index (Phi) is 14.3. The van der Waals surface area contributed by atoms with E-state index in [2.05, 4.69) is 48.5 Å². The molecular weight excluding hydrogens is 580 g/mol. The van der Waals surface area contributed by atoms with Gasteiger partial charge in [0, 0.05) is 26.2 Å². The van der Waals surface area contributed by atoms with E-state index in [4.69, 9.17) is 49.7 Å².